The number of ether oxygens (including phenoxy) is 2. The first kappa shape index (κ1) is 12.3. The van der Waals surface area contributed by atoms with Crippen molar-refractivity contribution in [3.63, 3.8) is 0 Å². The average Bonchev–Trinajstić information content (AvgIpc) is 2.60. The maximum Gasteiger partial charge on any atom is 0.373 e. The minimum Gasteiger partial charge on any atom is -0.437 e. The molecule has 0 aromatic rings. The normalized spacial score (nSPS) is 41.1. The van der Waals surface area contributed by atoms with Gasteiger partial charge >= 0.3 is 7.05 Å². The van der Waals surface area contributed by atoms with E-state index in [2.05, 4.69) is 5.23 Å². The molecule has 2 rings (SSSR count). The van der Waals surface area contributed by atoms with E-state index in [0.717, 1.165) is 6.42 Å². The Kier molecular flexibility index (Phi) is 3.29. The second kappa shape index (κ2) is 4.27. The van der Waals surface area contributed by atoms with Crippen LogP contribution in [0.2, 0.25) is 6.82 Å². The predicted molar refractivity (Wildman–Crippen MR) is 59.8 cm³/mol. The van der Waals surface area contributed by atoms with Gasteiger partial charge in [0.05, 0.1) is 6.10 Å². The van der Waals surface area contributed by atoms with Gasteiger partial charge in [-0.25, -0.2) is 0 Å². The van der Waals surface area contributed by atoms with E-state index in [0.29, 0.717) is 0 Å². The molecule has 16 heavy (non-hydrogen) atoms. The smallest absolute Gasteiger partial charge is 0.373 e. The van der Waals surface area contributed by atoms with Gasteiger partial charge in [0, 0.05) is 18.6 Å². The fraction of sp³-hybridized carbons (Fsp3) is 1.00. The first-order chi connectivity index (χ1) is 7.43. The molecule has 0 aromatic heterocycles. The Bertz CT molecular complexity index is 261. The molecule has 1 saturated carbocycles. The Morgan fingerprint density at radius 1 is 1.38 bits per heavy atom. The second-order valence-corrected chi connectivity index (χ2v) is 5.19. The summed E-state index contributed by atoms with van der Waals surface area (Å²) >= 11 is 0. The Hall–Kier alpha value is -0.135. The van der Waals surface area contributed by atoms with Crippen LogP contribution in [0.25, 0.3) is 0 Å². The summed E-state index contributed by atoms with van der Waals surface area (Å²) in [6.07, 6.45) is 0.616. The van der Waals surface area contributed by atoms with Crippen molar-refractivity contribution in [3.8, 4) is 0 Å². The van der Waals surface area contributed by atoms with Crippen molar-refractivity contribution < 1.29 is 19.6 Å². The van der Waals surface area contributed by atoms with Gasteiger partial charge in [0.25, 0.3) is 0 Å². The summed E-state index contributed by atoms with van der Waals surface area (Å²) < 4.78 is 11.6. The van der Waals surface area contributed by atoms with Crippen molar-refractivity contribution in [2.45, 2.75) is 51.1 Å². The third kappa shape index (κ3) is 2.26. The summed E-state index contributed by atoms with van der Waals surface area (Å²) in [5, 5.41) is 21.7. The zero-order valence-corrected chi connectivity index (χ0v) is 10.0. The Labute approximate surface area is 96.3 Å². The summed E-state index contributed by atoms with van der Waals surface area (Å²) in [6.45, 7) is 5.53. The van der Waals surface area contributed by atoms with Crippen molar-refractivity contribution in [2.75, 3.05) is 6.61 Å². The van der Waals surface area contributed by atoms with E-state index < -0.39 is 12.8 Å². The second-order valence-electron chi connectivity index (χ2n) is 5.19. The monoisotopic (exact) mass is 229 g/mol. The summed E-state index contributed by atoms with van der Waals surface area (Å²) in [4.78, 5) is 0. The maximum atomic E-state index is 9.35. The highest BCUT2D eigenvalue weighted by Gasteiger charge is 2.53. The molecule has 3 N–H and O–H groups in total. The molecular formula is C10H20BNO4. The first-order valence-corrected chi connectivity index (χ1v) is 5.83. The molecule has 1 heterocycles. The third-order valence-electron chi connectivity index (χ3n) is 3.27. The van der Waals surface area contributed by atoms with Crippen molar-refractivity contribution in [1.82, 2.24) is 5.23 Å². The SMILES string of the molecule is CB(O)NC1C[C@H](CO)C2OC(C)(C)OC12. The molecule has 1 aliphatic heterocycles. The molecule has 0 radical (unpaired) electrons. The van der Waals surface area contributed by atoms with Crippen LogP contribution in [0.15, 0.2) is 0 Å². The summed E-state index contributed by atoms with van der Waals surface area (Å²) in [7, 11) is -0.574. The van der Waals surface area contributed by atoms with Crippen LogP contribution < -0.4 is 5.23 Å². The van der Waals surface area contributed by atoms with Gasteiger partial charge in [-0.3, -0.25) is 0 Å². The Morgan fingerprint density at radius 2 is 2.00 bits per heavy atom. The van der Waals surface area contributed by atoms with Crippen LogP contribution in [-0.4, -0.2) is 47.8 Å². The van der Waals surface area contributed by atoms with Crippen LogP contribution in [0.5, 0.6) is 0 Å². The molecule has 1 saturated heterocycles. The molecule has 2 aliphatic rings. The average molecular weight is 229 g/mol. The lowest BCUT2D eigenvalue weighted by Crippen LogP contribution is -2.46. The summed E-state index contributed by atoms with van der Waals surface area (Å²) in [6, 6.07) is 0.0453. The number of hydrogen-bond donors (Lipinski definition) is 3. The van der Waals surface area contributed by atoms with E-state index in [1.807, 2.05) is 13.8 Å². The minimum absolute atomic E-state index is 0.0453. The molecule has 4 atom stereocenters. The fourth-order valence-electron chi connectivity index (χ4n) is 2.74. The molecule has 92 valence electrons. The van der Waals surface area contributed by atoms with E-state index in [4.69, 9.17) is 9.47 Å². The Morgan fingerprint density at radius 3 is 2.56 bits per heavy atom. The van der Waals surface area contributed by atoms with E-state index in [9.17, 15) is 10.1 Å². The zero-order chi connectivity index (χ0) is 11.9. The first-order valence-electron chi connectivity index (χ1n) is 5.83. The lowest BCUT2D eigenvalue weighted by molar-refractivity contribution is -0.159. The number of nitrogens with one attached hydrogen (secondary N) is 1. The Balaban J connectivity index is 2.08. The van der Waals surface area contributed by atoms with Crippen molar-refractivity contribution in [1.29, 1.82) is 0 Å². The van der Waals surface area contributed by atoms with Crippen molar-refractivity contribution >= 4 is 7.05 Å². The van der Waals surface area contributed by atoms with Gasteiger partial charge in [0.2, 0.25) is 0 Å². The predicted octanol–water partition coefficient (Wildman–Crippen LogP) is -0.413. The lowest BCUT2D eigenvalue weighted by atomic mass is 9.86. The van der Waals surface area contributed by atoms with E-state index in [-0.39, 0.29) is 30.8 Å². The highest BCUT2D eigenvalue weighted by Crippen LogP contribution is 2.41. The molecule has 0 amide bonds. The van der Waals surface area contributed by atoms with Crippen LogP contribution in [0, 0.1) is 5.92 Å². The van der Waals surface area contributed by atoms with E-state index >= 15 is 0 Å². The summed E-state index contributed by atoms with van der Waals surface area (Å²) in [5.74, 6) is -0.509. The highest BCUT2D eigenvalue weighted by molar-refractivity contribution is 6.45. The van der Waals surface area contributed by atoms with Gasteiger partial charge < -0.3 is 24.8 Å². The van der Waals surface area contributed by atoms with Crippen molar-refractivity contribution in [3.05, 3.63) is 0 Å². The van der Waals surface area contributed by atoms with E-state index in [1.54, 1.807) is 6.82 Å². The van der Waals surface area contributed by atoms with Gasteiger partial charge in [-0.2, -0.15) is 0 Å². The van der Waals surface area contributed by atoms with E-state index in [1.165, 1.54) is 0 Å². The van der Waals surface area contributed by atoms with Crippen LogP contribution in [0.1, 0.15) is 20.3 Å². The quantitative estimate of drug-likeness (QED) is 0.574. The molecule has 0 spiro atoms. The van der Waals surface area contributed by atoms with Crippen LogP contribution >= 0.6 is 0 Å². The maximum absolute atomic E-state index is 9.35. The van der Waals surface area contributed by atoms with Gasteiger partial charge in [-0.1, -0.05) is 0 Å². The number of hydrogen-bond acceptors (Lipinski definition) is 5. The number of rotatable bonds is 3. The molecule has 2 fully saturated rings. The van der Waals surface area contributed by atoms with Crippen LogP contribution in [-0.2, 0) is 9.47 Å². The molecule has 1 aliphatic carbocycles. The molecular weight excluding hydrogens is 209 g/mol. The standard InChI is InChI=1S/C10H20BNO4/c1-10(2)15-8-6(5-13)4-7(9(8)16-10)12-11(3)14/h6-9,12-14H,4-5H2,1-3H3/t6-,7?,8?,9?/m1/s1. The number of fused-ring (bicyclic) bond motifs is 1. The van der Waals surface area contributed by atoms with Crippen LogP contribution in [0.4, 0.5) is 0 Å². The van der Waals surface area contributed by atoms with Crippen LogP contribution in [0.3, 0.4) is 0 Å². The van der Waals surface area contributed by atoms with Gasteiger partial charge in [-0.15, -0.1) is 0 Å². The van der Waals surface area contributed by atoms with Gasteiger partial charge in [-0.05, 0) is 27.1 Å². The molecule has 3 unspecified atom stereocenters. The number of aliphatic hydroxyl groups excluding tert-OH is 1. The molecule has 0 aromatic carbocycles. The highest BCUT2D eigenvalue weighted by atomic mass is 16.8. The number of aliphatic hydroxyl groups is 1. The van der Waals surface area contributed by atoms with Crippen molar-refractivity contribution in [2.24, 2.45) is 5.92 Å². The largest absolute Gasteiger partial charge is 0.437 e. The molecule has 6 heteroatoms. The molecule has 0 bridgehead atoms. The minimum atomic E-state index is -0.595. The topological polar surface area (TPSA) is 71.0 Å². The summed E-state index contributed by atoms with van der Waals surface area (Å²) in [5.41, 5.74) is 0. The fourth-order valence-corrected chi connectivity index (χ4v) is 2.74. The van der Waals surface area contributed by atoms with Gasteiger partial charge in [0.15, 0.2) is 5.79 Å². The lowest BCUT2D eigenvalue weighted by Gasteiger charge is -2.23. The third-order valence-corrected chi connectivity index (χ3v) is 3.27. The molecule has 5 nitrogen and oxygen atoms in total. The zero-order valence-electron chi connectivity index (χ0n) is 10.0. The van der Waals surface area contributed by atoms with Gasteiger partial charge in [0.1, 0.15) is 6.10 Å².